The lowest BCUT2D eigenvalue weighted by Gasteiger charge is -2.33. The number of carbonyl (C=O) groups is 1. The van der Waals surface area contributed by atoms with Crippen LogP contribution in [-0.4, -0.2) is 34.7 Å². The second kappa shape index (κ2) is 5.27. The van der Waals surface area contributed by atoms with Gasteiger partial charge in [-0.05, 0) is 32.7 Å². The van der Waals surface area contributed by atoms with Gasteiger partial charge in [-0.1, -0.05) is 5.16 Å². The van der Waals surface area contributed by atoms with Crippen LogP contribution in [0.5, 0.6) is 0 Å². The predicted octanol–water partition coefficient (Wildman–Crippen LogP) is 0.260. The fourth-order valence-electron chi connectivity index (χ4n) is 2.03. The van der Waals surface area contributed by atoms with E-state index in [0.717, 1.165) is 25.8 Å². The van der Waals surface area contributed by atoms with Crippen molar-refractivity contribution in [3.05, 3.63) is 12.2 Å². The van der Waals surface area contributed by atoms with Gasteiger partial charge in [0.25, 0.3) is 0 Å². The first-order valence-electron chi connectivity index (χ1n) is 6.00. The number of hydrogen-bond donors (Lipinski definition) is 2. The van der Waals surface area contributed by atoms with E-state index in [2.05, 4.69) is 20.8 Å². The van der Waals surface area contributed by atoms with Crippen LogP contribution < -0.4 is 10.6 Å². The molecule has 0 bridgehead atoms. The standard InChI is InChI=1S/C11H18N4O2/c1-11(5-2-3-6-14-11)10(16)12-7-4-9-13-8-15-17-9/h8,14H,2-7H2,1H3,(H,12,16). The van der Waals surface area contributed by atoms with E-state index < -0.39 is 5.54 Å². The topological polar surface area (TPSA) is 80.1 Å². The average Bonchev–Trinajstić information content (AvgIpc) is 2.83. The third-order valence-electron chi connectivity index (χ3n) is 3.15. The zero-order valence-corrected chi connectivity index (χ0v) is 10.0. The van der Waals surface area contributed by atoms with Gasteiger partial charge in [0.05, 0.1) is 5.54 Å². The Morgan fingerprint density at radius 2 is 2.53 bits per heavy atom. The van der Waals surface area contributed by atoms with Crippen molar-refractivity contribution >= 4 is 5.91 Å². The van der Waals surface area contributed by atoms with Crippen LogP contribution in [0.15, 0.2) is 10.9 Å². The molecule has 0 saturated carbocycles. The second-order valence-electron chi connectivity index (χ2n) is 4.56. The third-order valence-corrected chi connectivity index (χ3v) is 3.15. The minimum Gasteiger partial charge on any atom is -0.354 e. The molecule has 1 aliphatic heterocycles. The summed E-state index contributed by atoms with van der Waals surface area (Å²) in [4.78, 5) is 15.9. The molecule has 1 aromatic heterocycles. The summed E-state index contributed by atoms with van der Waals surface area (Å²) in [6, 6.07) is 0. The van der Waals surface area contributed by atoms with E-state index in [1.165, 1.54) is 6.33 Å². The van der Waals surface area contributed by atoms with E-state index in [0.29, 0.717) is 18.9 Å². The van der Waals surface area contributed by atoms with Gasteiger partial charge < -0.3 is 15.2 Å². The van der Waals surface area contributed by atoms with Gasteiger partial charge in [-0.3, -0.25) is 4.79 Å². The highest BCUT2D eigenvalue weighted by atomic mass is 16.5. The largest absolute Gasteiger partial charge is 0.354 e. The average molecular weight is 238 g/mol. The Hall–Kier alpha value is -1.43. The Morgan fingerprint density at radius 1 is 1.65 bits per heavy atom. The highest BCUT2D eigenvalue weighted by Gasteiger charge is 2.33. The molecule has 94 valence electrons. The van der Waals surface area contributed by atoms with E-state index in [1.54, 1.807) is 0 Å². The van der Waals surface area contributed by atoms with Crippen LogP contribution in [0, 0.1) is 0 Å². The first-order chi connectivity index (χ1) is 8.21. The molecule has 0 spiro atoms. The summed E-state index contributed by atoms with van der Waals surface area (Å²) < 4.78 is 4.86. The van der Waals surface area contributed by atoms with Gasteiger partial charge in [-0.25, -0.2) is 0 Å². The molecule has 1 atom stereocenters. The fourth-order valence-corrected chi connectivity index (χ4v) is 2.03. The molecule has 17 heavy (non-hydrogen) atoms. The molecule has 1 aliphatic rings. The number of nitrogens with one attached hydrogen (secondary N) is 2. The number of carbonyl (C=O) groups excluding carboxylic acids is 1. The summed E-state index contributed by atoms with van der Waals surface area (Å²) in [5, 5.41) is 9.69. The zero-order chi connectivity index (χ0) is 12.1. The number of amides is 1. The lowest BCUT2D eigenvalue weighted by Crippen LogP contribution is -2.57. The maximum Gasteiger partial charge on any atom is 0.240 e. The summed E-state index contributed by atoms with van der Waals surface area (Å²) in [6.45, 7) is 3.39. The van der Waals surface area contributed by atoms with E-state index in [4.69, 9.17) is 4.52 Å². The lowest BCUT2D eigenvalue weighted by atomic mass is 9.90. The molecule has 2 N–H and O–H groups in total. The van der Waals surface area contributed by atoms with E-state index >= 15 is 0 Å². The molecule has 0 aliphatic carbocycles. The van der Waals surface area contributed by atoms with E-state index in [9.17, 15) is 4.79 Å². The predicted molar refractivity (Wildman–Crippen MR) is 61.3 cm³/mol. The lowest BCUT2D eigenvalue weighted by molar-refractivity contribution is -0.127. The molecule has 1 aromatic rings. The molecular formula is C11H18N4O2. The first-order valence-corrected chi connectivity index (χ1v) is 6.00. The van der Waals surface area contributed by atoms with E-state index in [1.807, 2.05) is 6.92 Å². The van der Waals surface area contributed by atoms with Crippen molar-refractivity contribution in [1.29, 1.82) is 0 Å². The molecular weight excluding hydrogens is 220 g/mol. The van der Waals surface area contributed by atoms with Crippen molar-refractivity contribution in [3.8, 4) is 0 Å². The van der Waals surface area contributed by atoms with Gasteiger partial charge in [0, 0.05) is 13.0 Å². The van der Waals surface area contributed by atoms with Gasteiger partial charge in [-0.2, -0.15) is 4.98 Å². The summed E-state index contributed by atoms with van der Waals surface area (Å²) >= 11 is 0. The van der Waals surface area contributed by atoms with Crippen LogP contribution in [0.25, 0.3) is 0 Å². The molecule has 2 rings (SSSR count). The summed E-state index contributed by atoms with van der Waals surface area (Å²) in [5.41, 5.74) is -0.424. The highest BCUT2D eigenvalue weighted by molar-refractivity contribution is 5.85. The monoisotopic (exact) mass is 238 g/mol. The van der Waals surface area contributed by atoms with Gasteiger partial charge in [0.2, 0.25) is 11.8 Å². The van der Waals surface area contributed by atoms with Gasteiger partial charge in [0.15, 0.2) is 6.33 Å². The summed E-state index contributed by atoms with van der Waals surface area (Å²) in [6.07, 6.45) is 5.06. The zero-order valence-electron chi connectivity index (χ0n) is 10.0. The molecule has 1 amide bonds. The Morgan fingerprint density at radius 3 is 3.18 bits per heavy atom. The minimum atomic E-state index is -0.424. The molecule has 6 heteroatoms. The molecule has 1 saturated heterocycles. The van der Waals surface area contributed by atoms with Crippen LogP contribution in [0.2, 0.25) is 0 Å². The SMILES string of the molecule is CC1(C(=O)NCCc2ncno2)CCCCN1. The number of aromatic nitrogens is 2. The van der Waals surface area contributed by atoms with Crippen LogP contribution >= 0.6 is 0 Å². The first kappa shape index (κ1) is 12.0. The van der Waals surface area contributed by atoms with Gasteiger partial charge in [0.1, 0.15) is 0 Å². The molecule has 0 aromatic carbocycles. The summed E-state index contributed by atoms with van der Waals surface area (Å²) in [7, 11) is 0. The maximum absolute atomic E-state index is 12.0. The Labute approximate surface area is 100 Å². The van der Waals surface area contributed by atoms with Crippen LogP contribution in [0.1, 0.15) is 32.1 Å². The number of rotatable bonds is 4. The second-order valence-corrected chi connectivity index (χ2v) is 4.56. The Kier molecular flexibility index (Phi) is 3.73. The Balaban J connectivity index is 1.76. The van der Waals surface area contributed by atoms with Crippen LogP contribution in [-0.2, 0) is 11.2 Å². The number of nitrogens with zero attached hydrogens (tertiary/aromatic N) is 2. The normalized spacial score (nSPS) is 24.5. The molecule has 0 radical (unpaired) electrons. The van der Waals surface area contributed by atoms with Gasteiger partial charge >= 0.3 is 0 Å². The maximum atomic E-state index is 12.0. The highest BCUT2D eigenvalue weighted by Crippen LogP contribution is 2.18. The van der Waals surface area contributed by atoms with Crippen molar-refractivity contribution in [3.63, 3.8) is 0 Å². The van der Waals surface area contributed by atoms with Crippen molar-refractivity contribution < 1.29 is 9.32 Å². The smallest absolute Gasteiger partial charge is 0.240 e. The molecule has 1 unspecified atom stereocenters. The summed E-state index contributed by atoms with van der Waals surface area (Å²) in [5.74, 6) is 0.601. The van der Waals surface area contributed by atoms with Crippen molar-refractivity contribution in [2.75, 3.05) is 13.1 Å². The Bertz CT molecular complexity index is 358. The molecule has 1 fully saturated rings. The van der Waals surface area contributed by atoms with Crippen molar-refractivity contribution in [2.45, 2.75) is 38.1 Å². The number of hydrogen-bond acceptors (Lipinski definition) is 5. The number of piperidine rings is 1. The van der Waals surface area contributed by atoms with Crippen LogP contribution in [0.3, 0.4) is 0 Å². The van der Waals surface area contributed by atoms with Gasteiger partial charge in [-0.15, -0.1) is 0 Å². The van der Waals surface area contributed by atoms with E-state index in [-0.39, 0.29) is 5.91 Å². The minimum absolute atomic E-state index is 0.0525. The third kappa shape index (κ3) is 3.03. The van der Waals surface area contributed by atoms with Crippen LogP contribution in [0.4, 0.5) is 0 Å². The molecule has 2 heterocycles. The quantitative estimate of drug-likeness (QED) is 0.786. The van der Waals surface area contributed by atoms with Crippen molar-refractivity contribution in [1.82, 2.24) is 20.8 Å². The van der Waals surface area contributed by atoms with Crippen molar-refractivity contribution in [2.24, 2.45) is 0 Å². The fraction of sp³-hybridized carbons (Fsp3) is 0.727. The molecule has 6 nitrogen and oxygen atoms in total.